The fourth-order valence-electron chi connectivity index (χ4n) is 1.75. The number of nitrogens with one attached hydrogen (secondary N) is 1. The minimum absolute atomic E-state index is 0.469. The van der Waals surface area contributed by atoms with Crippen molar-refractivity contribution in [2.45, 2.75) is 44.6 Å². The van der Waals surface area contributed by atoms with Crippen LogP contribution in [0.2, 0.25) is 0 Å². The highest BCUT2D eigenvalue weighted by atomic mass is 35.5. The Hall–Kier alpha value is 0.210. The third-order valence-electron chi connectivity index (χ3n) is 2.63. The molecular formula is C11H22ClNO. The van der Waals surface area contributed by atoms with Gasteiger partial charge in [-0.2, -0.15) is 0 Å². The lowest BCUT2D eigenvalue weighted by molar-refractivity contribution is 0.0170. The van der Waals surface area contributed by atoms with Crippen LogP contribution in [0.1, 0.15) is 38.5 Å². The summed E-state index contributed by atoms with van der Waals surface area (Å²) in [4.78, 5) is 0. The van der Waals surface area contributed by atoms with Gasteiger partial charge in [-0.15, -0.1) is 11.6 Å². The van der Waals surface area contributed by atoms with Crippen LogP contribution in [-0.4, -0.2) is 31.7 Å². The maximum Gasteiger partial charge on any atom is 0.0699 e. The molecule has 2 nitrogen and oxygen atoms in total. The lowest BCUT2D eigenvalue weighted by Gasteiger charge is -2.22. The molecule has 1 aliphatic rings. The van der Waals surface area contributed by atoms with Gasteiger partial charge < -0.3 is 10.1 Å². The Kier molecular flexibility index (Phi) is 7.47. The first-order chi connectivity index (χ1) is 6.93. The van der Waals surface area contributed by atoms with Crippen LogP contribution in [0.15, 0.2) is 0 Å². The fourth-order valence-corrected chi connectivity index (χ4v) is 1.94. The van der Waals surface area contributed by atoms with Gasteiger partial charge in [0.25, 0.3) is 0 Å². The lowest BCUT2D eigenvalue weighted by atomic mass is 10.1. The van der Waals surface area contributed by atoms with Gasteiger partial charge in [-0.05, 0) is 38.6 Å². The molecule has 0 aromatic carbocycles. The van der Waals surface area contributed by atoms with E-state index >= 15 is 0 Å². The van der Waals surface area contributed by atoms with Crippen LogP contribution in [0, 0.1) is 0 Å². The van der Waals surface area contributed by atoms with Gasteiger partial charge >= 0.3 is 0 Å². The smallest absolute Gasteiger partial charge is 0.0699 e. The van der Waals surface area contributed by atoms with Crippen molar-refractivity contribution in [2.24, 2.45) is 0 Å². The Morgan fingerprint density at radius 2 is 2.14 bits per heavy atom. The number of hydrogen-bond donors (Lipinski definition) is 1. The van der Waals surface area contributed by atoms with Crippen LogP contribution in [0.4, 0.5) is 0 Å². The second kappa shape index (κ2) is 8.51. The van der Waals surface area contributed by atoms with Crippen LogP contribution >= 0.6 is 11.6 Å². The average molecular weight is 220 g/mol. The summed E-state index contributed by atoms with van der Waals surface area (Å²) in [7, 11) is 0. The maximum absolute atomic E-state index is 5.62. The summed E-state index contributed by atoms with van der Waals surface area (Å²) in [5, 5.41) is 3.45. The molecule has 0 bridgehead atoms. The first kappa shape index (κ1) is 12.3. The van der Waals surface area contributed by atoms with Crippen LogP contribution in [-0.2, 0) is 4.74 Å². The summed E-state index contributed by atoms with van der Waals surface area (Å²) in [5.41, 5.74) is 0. The van der Waals surface area contributed by atoms with Gasteiger partial charge in [0, 0.05) is 19.0 Å². The monoisotopic (exact) mass is 219 g/mol. The zero-order valence-corrected chi connectivity index (χ0v) is 9.69. The van der Waals surface area contributed by atoms with E-state index in [1.807, 2.05) is 0 Å². The van der Waals surface area contributed by atoms with Crippen molar-refractivity contribution in [1.29, 1.82) is 0 Å². The molecule has 1 unspecified atom stereocenters. The number of unbranched alkanes of at least 4 members (excludes halogenated alkanes) is 2. The highest BCUT2D eigenvalue weighted by molar-refractivity contribution is 6.17. The molecule has 84 valence electrons. The van der Waals surface area contributed by atoms with E-state index in [-0.39, 0.29) is 0 Å². The minimum atomic E-state index is 0.469. The van der Waals surface area contributed by atoms with Gasteiger partial charge in [0.1, 0.15) is 0 Å². The molecule has 1 N–H and O–H groups in total. The Morgan fingerprint density at radius 1 is 1.21 bits per heavy atom. The molecule has 0 aliphatic carbocycles. The Balaban J connectivity index is 1.82. The molecule has 0 aromatic rings. The topological polar surface area (TPSA) is 21.3 Å². The first-order valence-corrected chi connectivity index (χ1v) is 6.35. The molecule has 14 heavy (non-hydrogen) atoms. The van der Waals surface area contributed by atoms with E-state index in [2.05, 4.69) is 5.32 Å². The van der Waals surface area contributed by atoms with Gasteiger partial charge in [0.05, 0.1) is 6.10 Å². The van der Waals surface area contributed by atoms with Gasteiger partial charge in [0.15, 0.2) is 0 Å². The first-order valence-electron chi connectivity index (χ1n) is 5.82. The van der Waals surface area contributed by atoms with Gasteiger partial charge in [-0.25, -0.2) is 0 Å². The number of halogens is 1. The van der Waals surface area contributed by atoms with Crippen molar-refractivity contribution in [3.63, 3.8) is 0 Å². The summed E-state index contributed by atoms with van der Waals surface area (Å²) in [6, 6.07) is 0. The summed E-state index contributed by atoms with van der Waals surface area (Å²) in [6.07, 6.45) is 7.89. The number of hydrogen-bond acceptors (Lipinski definition) is 2. The summed E-state index contributed by atoms with van der Waals surface area (Å²) in [5.74, 6) is 0.797. The van der Waals surface area contributed by atoms with E-state index in [0.717, 1.165) is 32.0 Å². The van der Waals surface area contributed by atoms with Crippen LogP contribution in [0.25, 0.3) is 0 Å². The van der Waals surface area contributed by atoms with E-state index < -0.39 is 0 Å². The molecule has 3 heteroatoms. The van der Waals surface area contributed by atoms with E-state index in [4.69, 9.17) is 16.3 Å². The highest BCUT2D eigenvalue weighted by Gasteiger charge is 2.12. The Labute approximate surface area is 92.3 Å². The quantitative estimate of drug-likeness (QED) is 0.525. The van der Waals surface area contributed by atoms with Gasteiger partial charge in [-0.1, -0.05) is 6.42 Å². The van der Waals surface area contributed by atoms with Crippen molar-refractivity contribution >= 4 is 11.6 Å². The zero-order valence-electron chi connectivity index (χ0n) is 8.93. The number of rotatable bonds is 7. The molecule has 1 fully saturated rings. The van der Waals surface area contributed by atoms with Gasteiger partial charge in [-0.3, -0.25) is 0 Å². The van der Waals surface area contributed by atoms with E-state index in [9.17, 15) is 0 Å². The second-order valence-corrected chi connectivity index (χ2v) is 4.32. The molecule has 0 aromatic heterocycles. The summed E-state index contributed by atoms with van der Waals surface area (Å²) < 4.78 is 5.62. The maximum atomic E-state index is 5.62. The predicted molar refractivity (Wildman–Crippen MR) is 61.0 cm³/mol. The van der Waals surface area contributed by atoms with E-state index in [1.54, 1.807) is 0 Å². The van der Waals surface area contributed by atoms with Crippen LogP contribution in [0.3, 0.4) is 0 Å². The van der Waals surface area contributed by atoms with Crippen molar-refractivity contribution in [3.05, 3.63) is 0 Å². The van der Waals surface area contributed by atoms with E-state index in [0.29, 0.717) is 6.10 Å². The average Bonchev–Trinajstić information content (AvgIpc) is 2.25. The molecule has 1 heterocycles. The molecule has 0 saturated carbocycles. The Morgan fingerprint density at radius 3 is 2.86 bits per heavy atom. The fraction of sp³-hybridized carbons (Fsp3) is 1.00. The molecule has 1 saturated heterocycles. The van der Waals surface area contributed by atoms with Crippen molar-refractivity contribution < 1.29 is 4.74 Å². The van der Waals surface area contributed by atoms with Gasteiger partial charge in [0.2, 0.25) is 0 Å². The van der Waals surface area contributed by atoms with Crippen molar-refractivity contribution in [3.8, 4) is 0 Å². The molecule has 1 atom stereocenters. The summed E-state index contributed by atoms with van der Waals surface area (Å²) >= 11 is 5.60. The van der Waals surface area contributed by atoms with Crippen LogP contribution < -0.4 is 5.32 Å². The zero-order chi connectivity index (χ0) is 10.1. The molecule has 1 aliphatic heterocycles. The minimum Gasteiger partial charge on any atom is -0.377 e. The molecule has 1 rings (SSSR count). The standard InChI is InChI=1S/C11H22ClNO/c12-7-3-1-4-8-13-10-11-6-2-5-9-14-11/h11,13H,1-10H2. The number of alkyl halides is 1. The Bertz CT molecular complexity index is 126. The van der Waals surface area contributed by atoms with E-state index in [1.165, 1.54) is 32.1 Å². The molecule has 0 amide bonds. The third-order valence-corrected chi connectivity index (χ3v) is 2.90. The molecular weight excluding hydrogens is 198 g/mol. The third kappa shape index (κ3) is 5.84. The number of ether oxygens (including phenoxy) is 1. The van der Waals surface area contributed by atoms with Crippen molar-refractivity contribution in [2.75, 3.05) is 25.6 Å². The second-order valence-electron chi connectivity index (χ2n) is 3.94. The highest BCUT2D eigenvalue weighted by Crippen LogP contribution is 2.11. The SMILES string of the molecule is ClCCCCCNCC1CCCCO1. The normalized spacial score (nSPS) is 22.5. The predicted octanol–water partition coefficient (Wildman–Crippen LogP) is 2.55. The lowest BCUT2D eigenvalue weighted by Crippen LogP contribution is -2.32. The molecule has 0 spiro atoms. The van der Waals surface area contributed by atoms with Crippen LogP contribution in [0.5, 0.6) is 0 Å². The molecule has 0 radical (unpaired) electrons. The largest absolute Gasteiger partial charge is 0.377 e. The summed E-state index contributed by atoms with van der Waals surface area (Å²) in [6.45, 7) is 3.09. The van der Waals surface area contributed by atoms with Crippen molar-refractivity contribution in [1.82, 2.24) is 5.32 Å².